The lowest BCUT2D eigenvalue weighted by Crippen LogP contribution is -2.42. The van der Waals surface area contributed by atoms with Crippen LogP contribution in [0.5, 0.6) is 5.88 Å². The average molecular weight is 299 g/mol. The van der Waals surface area contributed by atoms with Crippen LogP contribution in [-0.4, -0.2) is 22.8 Å². The summed E-state index contributed by atoms with van der Waals surface area (Å²) in [6.45, 7) is 1.92. The van der Waals surface area contributed by atoms with E-state index in [1.54, 1.807) is 12.1 Å². The average Bonchev–Trinajstić information content (AvgIpc) is 2.54. The van der Waals surface area contributed by atoms with Gasteiger partial charge in [-0.3, -0.25) is 9.59 Å². The molecule has 6 nitrogen and oxygen atoms in total. The largest absolute Gasteiger partial charge is 0.473 e. The second kappa shape index (κ2) is 7.21. The van der Waals surface area contributed by atoms with E-state index in [1.807, 2.05) is 30.3 Å². The van der Waals surface area contributed by atoms with Crippen molar-refractivity contribution < 1.29 is 14.3 Å². The van der Waals surface area contributed by atoms with Crippen molar-refractivity contribution in [2.45, 2.75) is 19.6 Å². The minimum atomic E-state index is -0.735. The molecule has 0 aliphatic rings. The molecule has 2 aromatic rings. The second-order valence-corrected chi connectivity index (χ2v) is 4.76. The number of nitrogens with zero attached hydrogens (tertiary/aromatic N) is 1. The molecule has 2 amide bonds. The van der Waals surface area contributed by atoms with E-state index < -0.39 is 17.9 Å². The number of hydrogen-bond donors (Lipinski definition) is 2. The van der Waals surface area contributed by atoms with Crippen molar-refractivity contribution >= 4 is 11.8 Å². The van der Waals surface area contributed by atoms with Gasteiger partial charge in [-0.2, -0.15) is 0 Å². The normalized spacial score (nSPS) is 11.5. The summed E-state index contributed by atoms with van der Waals surface area (Å²) >= 11 is 0. The maximum Gasteiger partial charge on any atom is 0.253 e. The van der Waals surface area contributed by atoms with Crippen molar-refractivity contribution in [2.24, 2.45) is 5.73 Å². The number of aromatic nitrogens is 1. The number of hydrogen-bond acceptors (Lipinski definition) is 4. The zero-order valence-corrected chi connectivity index (χ0v) is 12.2. The van der Waals surface area contributed by atoms with E-state index in [4.69, 9.17) is 10.5 Å². The summed E-state index contributed by atoms with van der Waals surface area (Å²) in [6, 6.07) is 12.1. The third-order valence-corrected chi connectivity index (χ3v) is 3.00. The first-order valence-corrected chi connectivity index (χ1v) is 6.79. The fraction of sp³-hybridized carbons (Fsp3) is 0.188. The molecular weight excluding hydrogens is 282 g/mol. The molecule has 0 saturated heterocycles. The Kier molecular flexibility index (Phi) is 5.08. The molecule has 0 spiro atoms. The Morgan fingerprint density at radius 1 is 1.23 bits per heavy atom. The van der Waals surface area contributed by atoms with Gasteiger partial charge in [0.25, 0.3) is 5.91 Å². The molecule has 0 fully saturated rings. The molecule has 1 atom stereocenters. The van der Waals surface area contributed by atoms with Crippen molar-refractivity contribution in [2.75, 3.05) is 0 Å². The van der Waals surface area contributed by atoms with Gasteiger partial charge in [0.1, 0.15) is 12.6 Å². The molecule has 0 unspecified atom stereocenters. The molecule has 1 aromatic heterocycles. The number of carbonyl (C=O) groups is 2. The number of nitrogens with two attached hydrogens (primary N) is 1. The third-order valence-electron chi connectivity index (χ3n) is 3.00. The maximum atomic E-state index is 11.9. The molecule has 114 valence electrons. The van der Waals surface area contributed by atoms with Gasteiger partial charge < -0.3 is 15.8 Å². The lowest BCUT2D eigenvalue weighted by molar-refractivity contribution is -0.119. The number of nitrogens with one attached hydrogen (secondary N) is 1. The smallest absolute Gasteiger partial charge is 0.253 e. The van der Waals surface area contributed by atoms with Gasteiger partial charge in [-0.1, -0.05) is 30.3 Å². The summed E-state index contributed by atoms with van der Waals surface area (Å²) in [5.74, 6) is -0.583. The molecule has 1 heterocycles. The van der Waals surface area contributed by atoms with Gasteiger partial charge in [-0.05, 0) is 18.6 Å². The minimum absolute atomic E-state index is 0.333. The highest BCUT2D eigenvalue weighted by Gasteiger charge is 2.14. The van der Waals surface area contributed by atoms with E-state index in [0.717, 1.165) is 5.56 Å². The van der Waals surface area contributed by atoms with Crippen molar-refractivity contribution in [3.63, 3.8) is 0 Å². The predicted octanol–water partition coefficient (Wildman–Crippen LogP) is 1.26. The van der Waals surface area contributed by atoms with E-state index in [9.17, 15) is 9.59 Å². The van der Waals surface area contributed by atoms with Crippen molar-refractivity contribution in [3.8, 4) is 5.88 Å². The molecule has 6 heteroatoms. The van der Waals surface area contributed by atoms with Crippen LogP contribution in [0.15, 0.2) is 48.7 Å². The highest BCUT2D eigenvalue weighted by Crippen LogP contribution is 2.10. The Hall–Kier alpha value is -2.89. The van der Waals surface area contributed by atoms with Gasteiger partial charge in [-0.15, -0.1) is 0 Å². The van der Waals surface area contributed by atoms with Crippen LogP contribution in [0.25, 0.3) is 0 Å². The quantitative estimate of drug-likeness (QED) is 0.839. The molecule has 3 N–H and O–H groups in total. The monoisotopic (exact) mass is 299 g/mol. The van der Waals surface area contributed by atoms with Crippen LogP contribution < -0.4 is 15.8 Å². The van der Waals surface area contributed by atoms with Gasteiger partial charge in [0, 0.05) is 12.3 Å². The zero-order valence-electron chi connectivity index (χ0n) is 12.2. The molecule has 1 aromatic carbocycles. The topological polar surface area (TPSA) is 94.3 Å². The van der Waals surface area contributed by atoms with Gasteiger partial charge in [0.2, 0.25) is 11.8 Å². The van der Waals surface area contributed by atoms with Crippen molar-refractivity contribution in [1.29, 1.82) is 0 Å². The zero-order chi connectivity index (χ0) is 15.9. The van der Waals surface area contributed by atoms with Crippen LogP contribution in [0.1, 0.15) is 22.8 Å². The number of primary amides is 1. The number of pyridine rings is 1. The van der Waals surface area contributed by atoms with E-state index in [2.05, 4.69) is 10.3 Å². The summed E-state index contributed by atoms with van der Waals surface area (Å²) < 4.78 is 5.53. The summed E-state index contributed by atoms with van der Waals surface area (Å²) in [7, 11) is 0. The number of benzene rings is 1. The second-order valence-electron chi connectivity index (χ2n) is 4.76. The molecule has 0 radical (unpaired) electrons. The number of ether oxygens (including phenoxy) is 1. The van der Waals surface area contributed by atoms with Crippen LogP contribution in [0.4, 0.5) is 0 Å². The highest BCUT2D eigenvalue weighted by molar-refractivity contribution is 5.96. The van der Waals surface area contributed by atoms with Crippen LogP contribution in [0.3, 0.4) is 0 Å². The Labute approximate surface area is 128 Å². The first kappa shape index (κ1) is 15.5. The van der Waals surface area contributed by atoms with E-state index in [0.29, 0.717) is 18.1 Å². The van der Waals surface area contributed by atoms with Gasteiger partial charge in [-0.25, -0.2) is 4.98 Å². The number of amides is 2. The molecule has 22 heavy (non-hydrogen) atoms. The Morgan fingerprint density at radius 3 is 2.55 bits per heavy atom. The lowest BCUT2D eigenvalue weighted by atomic mass is 10.2. The van der Waals surface area contributed by atoms with E-state index in [1.165, 1.54) is 13.1 Å². The van der Waals surface area contributed by atoms with Crippen LogP contribution in [-0.2, 0) is 11.4 Å². The Morgan fingerprint density at radius 2 is 1.95 bits per heavy atom. The summed E-state index contributed by atoms with van der Waals surface area (Å²) in [6.07, 6.45) is 1.39. The summed E-state index contributed by atoms with van der Waals surface area (Å²) in [5.41, 5.74) is 6.45. The fourth-order valence-electron chi connectivity index (χ4n) is 1.68. The van der Waals surface area contributed by atoms with Crippen LogP contribution in [0.2, 0.25) is 0 Å². The number of rotatable bonds is 6. The Balaban J connectivity index is 1.92. The maximum absolute atomic E-state index is 11.9. The first-order valence-electron chi connectivity index (χ1n) is 6.79. The SMILES string of the molecule is C[C@H](NC(=O)c1ccc(OCc2ccccc2)nc1)C(N)=O. The molecular formula is C16H17N3O3. The fourth-order valence-corrected chi connectivity index (χ4v) is 1.68. The third kappa shape index (κ3) is 4.31. The van der Waals surface area contributed by atoms with E-state index >= 15 is 0 Å². The highest BCUT2D eigenvalue weighted by atomic mass is 16.5. The Bertz CT molecular complexity index is 641. The molecule has 0 aliphatic carbocycles. The van der Waals surface area contributed by atoms with Crippen LogP contribution in [0, 0.1) is 0 Å². The summed E-state index contributed by atoms with van der Waals surface area (Å²) in [4.78, 5) is 26.8. The first-order chi connectivity index (χ1) is 10.6. The standard InChI is InChI=1S/C16H17N3O3/c1-11(15(17)20)19-16(21)13-7-8-14(18-9-13)22-10-12-5-3-2-4-6-12/h2-9,11H,10H2,1H3,(H2,17,20)(H,19,21)/t11-/m0/s1. The lowest BCUT2D eigenvalue weighted by Gasteiger charge is -2.10. The molecule has 0 bridgehead atoms. The number of carbonyl (C=O) groups excluding carboxylic acids is 2. The summed E-state index contributed by atoms with van der Waals surface area (Å²) in [5, 5.41) is 2.48. The van der Waals surface area contributed by atoms with E-state index in [-0.39, 0.29) is 0 Å². The van der Waals surface area contributed by atoms with Crippen molar-refractivity contribution in [3.05, 3.63) is 59.8 Å². The predicted molar refractivity (Wildman–Crippen MR) is 81.1 cm³/mol. The molecule has 0 saturated carbocycles. The molecule has 2 rings (SSSR count). The van der Waals surface area contributed by atoms with Gasteiger partial charge >= 0.3 is 0 Å². The molecule has 0 aliphatic heterocycles. The van der Waals surface area contributed by atoms with Gasteiger partial charge in [0.15, 0.2) is 0 Å². The minimum Gasteiger partial charge on any atom is -0.473 e. The van der Waals surface area contributed by atoms with Crippen molar-refractivity contribution in [1.82, 2.24) is 10.3 Å². The van der Waals surface area contributed by atoms with Crippen LogP contribution >= 0.6 is 0 Å². The van der Waals surface area contributed by atoms with Gasteiger partial charge in [0.05, 0.1) is 5.56 Å².